The fourth-order valence-corrected chi connectivity index (χ4v) is 2.78. The molecule has 3 N–H and O–H groups in total. The van der Waals surface area contributed by atoms with Crippen LogP contribution in [-0.4, -0.2) is 4.98 Å². The number of nitrogens with one attached hydrogen (secondary N) is 1. The van der Waals surface area contributed by atoms with Gasteiger partial charge in [0.05, 0.1) is 17.9 Å². The van der Waals surface area contributed by atoms with Crippen molar-refractivity contribution in [3.63, 3.8) is 0 Å². The van der Waals surface area contributed by atoms with Crippen LogP contribution in [0.4, 0.5) is 11.4 Å². The van der Waals surface area contributed by atoms with Gasteiger partial charge >= 0.3 is 0 Å². The van der Waals surface area contributed by atoms with E-state index in [-0.39, 0.29) is 0 Å². The lowest BCUT2D eigenvalue weighted by atomic mass is 10.3. The van der Waals surface area contributed by atoms with Crippen LogP contribution in [-0.2, 0) is 13.0 Å². The predicted molar refractivity (Wildman–Crippen MR) is 82.4 cm³/mol. The van der Waals surface area contributed by atoms with Crippen molar-refractivity contribution in [1.29, 1.82) is 0 Å². The van der Waals surface area contributed by atoms with Gasteiger partial charge in [0.15, 0.2) is 0 Å². The molecule has 0 saturated heterocycles. The molecule has 5 heteroatoms. The molecule has 1 aromatic heterocycles. The maximum Gasteiger partial charge on any atom is 0.112 e. The van der Waals surface area contributed by atoms with Gasteiger partial charge in [0.1, 0.15) is 5.01 Å². The van der Waals surface area contributed by atoms with Crippen LogP contribution in [0.5, 0.6) is 0 Å². The van der Waals surface area contributed by atoms with Crippen LogP contribution in [0.3, 0.4) is 0 Å². The van der Waals surface area contributed by atoms with Gasteiger partial charge < -0.3 is 11.1 Å². The summed E-state index contributed by atoms with van der Waals surface area (Å²) in [5, 5.41) is 4.41. The van der Waals surface area contributed by atoms with Crippen molar-refractivity contribution >= 4 is 45.3 Å². The minimum absolute atomic E-state index is 0.732. The van der Waals surface area contributed by atoms with Crippen molar-refractivity contribution in [3.8, 4) is 0 Å². The molecule has 0 saturated carbocycles. The molecule has 1 aromatic carbocycles. The first-order valence-corrected chi connectivity index (χ1v) is 7.31. The van der Waals surface area contributed by atoms with E-state index in [4.69, 9.17) is 5.73 Å². The topological polar surface area (TPSA) is 50.9 Å². The van der Waals surface area contributed by atoms with Gasteiger partial charge in [0.25, 0.3) is 0 Å². The molecule has 0 aliphatic rings. The number of nitrogens with zero attached hydrogens (tertiary/aromatic N) is 1. The second kappa shape index (κ2) is 5.68. The van der Waals surface area contributed by atoms with E-state index in [0.29, 0.717) is 0 Å². The normalized spacial score (nSPS) is 10.5. The minimum Gasteiger partial charge on any atom is -0.397 e. The van der Waals surface area contributed by atoms with E-state index in [0.717, 1.165) is 32.9 Å². The highest BCUT2D eigenvalue weighted by Crippen LogP contribution is 2.22. The predicted octanol–water partition coefficient (Wildman–Crippen LogP) is 3.50. The molecule has 2 aromatic rings. The van der Waals surface area contributed by atoms with Crippen LogP contribution in [0.1, 0.15) is 16.8 Å². The summed E-state index contributed by atoms with van der Waals surface area (Å²) >= 11 is 4.00. The number of nitrogen functional groups attached to an aromatic ring is 1. The Labute approximate surface area is 119 Å². The Hall–Kier alpha value is -0.820. The van der Waals surface area contributed by atoms with Gasteiger partial charge in [-0.2, -0.15) is 0 Å². The van der Waals surface area contributed by atoms with Crippen LogP contribution in [0.15, 0.2) is 24.4 Å². The molecule has 0 unspecified atom stereocenters. The lowest BCUT2D eigenvalue weighted by Crippen LogP contribution is -2.02. The standard InChI is InChI=1S/C12H14IN3S/c1-2-9-6-16-12(17-9)7-15-11-4-3-8(13)5-10(11)14/h3-6,15H,2,7,14H2,1H3. The lowest BCUT2D eigenvalue weighted by molar-refractivity contribution is 1.09. The fourth-order valence-electron chi connectivity index (χ4n) is 1.46. The average Bonchev–Trinajstić information content (AvgIpc) is 2.76. The molecule has 90 valence electrons. The molecule has 0 bridgehead atoms. The molecule has 3 nitrogen and oxygen atoms in total. The molecule has 17 heavy (non-hydrogen) atoms. The number of hydrogen-bond donors (Lipinski definition) is 2. The summed E-state index contributed by atoms with van der Waals surface area (Å²) in [6.45, 7) is 2.87. The van der Waals surface area contributed by atoms with E-state index in [2.05, 4.69) is 39.8 Å². The van der Waals surface area contributed by atoms with Crippen molar-refractivity contribution < 1.29 is 0 Å². The van der Waals surface area contributed by atoms with E-state index < -0.39 is 0 Å². The van der Waals surface area contributed by atoms with Gasteiger partial charge in [-0.1, -0.05) is 6.92 Å². The number of aromatic nitrogens is 1. The fraction of sp³-hybridized carbons (Fsp3) is 0.250. The van der Waals surface area contributed by atoms with Crippen LogP contribution >= 0.6 is 33.9 Å². The van der Waals surface area contributed by atoms with Gasteiger partial charge in [-0.3, -0.25) is 0 Å². The molecule has 1 heterocycles. The molecule has 0 fully saturated rings. The zero-order valence-corrected chi connectivity index (χ0v) is 12.5. The van der Waals surface area contributed by atoms with Gasteiger partial charge in [-0.25, -0.2) is 4.98 Å². The molecule has 0 atom stereocenters. The monoisotopic (exact) mass is 359 g/mol. The van der Waals surface area contributed by atoms with Gasteiger partial charge in [-0.15, -0.1) is 11.3 Å². The highest BCUT2D eigenvalue weighted by atomic mass is 127. The van der Waals surface area contributed by atoms with Crippen molar-refractivity contribution in [2.45, 2.75) is 19.9 Å². The molecule has 0 aliphatic heterocycles. The number of benzene rings is 1. The van der Waals surface area contributed by atoms with Crippen molar-refractivity contribution in [2.75, 3.05) is 11.1 Å². The SMILES string of the molecule is CCc1cnc(CNc2ccc(I)cc2N)s1. The molecule has 0 aliphatic carbocycles. The van der Waals surface area contributed by atoms with Crippen molar-refractivity contribution in [1.82, 2.24) is 4.98 Å². The first kappa shape index (κ1) is 12.6. The number of anilines is 2. The number of aryl methyl sites for hydroxylation is 1. The highest BCUT2D eigenvalue weighted by Gasteiger charge is 2.02. The number of thiazole rings is 1. The maximum atomic E-state index is 5.93. The van der Waals surface area contributed by atoms with E-state index in [1.807, 2.05) is 24.4 Å². The van der Waals surface area contributed by atoms with Gasteiger partial charge in [-0.05, 0) is 47.2 Å². The summed E-state index contributed by atoms with van der Waals surface area (Å²) in [7, 11) is 0. The Kier molecular flexibility index (Phi) is 4.22. The Morgan fingerprint density at radius 2 is 2.29 bits per heavy atom. The highest BCUT2D eigenvalue weighted by molar-refractivity contribution is 14.1. The number of rotatable bonds is 4. The Balaban J connectivity index is 2.02. The summed E-state index contributed by atoms with van der Waals surface area (Å²) < 4.78 is 1.15. The van der Waals surface area contributed by atoms with Crippen molar-refractivity contribution in [3.05, 3.63) is 37.9 Å². The average molecular weight is 359 g/mol. The summed E-state index contributed by atoms with van der Waals surface area (Å²) in [5.74, 6) is 0. The van der Waals surface area contributed by atoms with Crippen LogP contribution in [0, 0.1) is 3.57 Å². The third-order valence-corrected chi connectivity index (χ3v) is 4.21. The molecule has 0 amide bonds. The molecule has 2 rings (SSSR count). The maximum absolute atomic E-state index is 5.93. The summed E-state index contributed by atoms with van der Waals surface area (Å²) in [6.07, 6.45) is 2.99. The summed E-state index contributed by atoms with van der Waals surface area (Å²) in [6, 6.07) is 6.01. The van der Waals surface area contributed by atoms with Crippen molar-refractivity contribution in [2.24, 2.45) is 0 Å². The third kappa shape index (κ3) is 3.32. The second-order valence-electron chi connectivity index (χ2n) is 3.66. The lowest BCUT2D eigenvalue weighted by Gasteiger charge is -2.07. The molecule has 0 radical (unpaired) electrons. The van der Waals surface area contributed by atoms with Crippen LogP contribution in [0.2, 0.25) is 0 Å². The quantitative estimate of drug-likeness (QED) is 0.649. The van der Waals surface area contributed by atoms with E-state index in [9.17, 15) is 0 Å². The molecular formula is C12H14IN3S. The minimum atomic E-state index is 0.732. The third-order valence-electron chi connectivity index (χ3n) is 2.39. The molecular weight excluding hydrogens is 345 g/mol. The van der Waals surface area contributed by atoms with E-state index >= 15 is 0 Å². The first-order chi connectivity index (χ1) is 8.19. The van der Waals surface area contributed by atoms with Gasteiger partial charge in [0.2, 0.25) is 0 Å². The second-order valence-corrected chi connectivity index (χ2v) is 6.10. The van der Waals surface area contributed by atoms with Crippen LogP contribution < -0.4 is 11.1 Å². The largest absolute Gasteiger partial charge is 0.397 e. The molecule has 0 spiro atoms. The van der Waals surface area contributed by atoms with Crippen LogP contribution in [0.25, 0.3) is 0 Å². The zero-order chi connectivity index (χ0) is 12.3. The Bertz CT molecular complexity index is 510. The number of hydrogen-bond acceptors (Lipinski definition) is 4. The summed E-state index contributed by atoms with van der Waals surface area (Å²) in [4.78, 5) is 5.68. The summed E-state index contributed by atoms with van der Waals surface area (Å²) in [5.41, 5.74) is 7.69. The zero-order valence-electron chi connectivity index (χ0n) is 9.53. The van der Waals surface area contributed by atoms with E-state index in [1.165, 1.54) is 4.88 Å². The Morgan fingerprint density at radius 3 is 2.94 bits per heavy atom. The van der Waals surface area contributed by atoms with E-state index in [1.54, 1.807) is 11.3 Å². The van der Waals surface area contributed by atoms with Gasteiger partial charge in [0, 0.05) is 14.6 Å². The number of halogens is 1. The smallest absolute Gasteiger partial charge is 0.112 e. The Morgan fingerprint density at radius 1 is 1.47 bits per heavy atom. The number of nitrogens with two attached hydrogens (primary N) is 1. The first-order valence-electron chi connectivity index (χ1n) is 5.41.